The lowest BCUT2D eigenvalue weighted by molar-refractivity contribution is -0.130. The van der Waals surface area contributed by atoms with Gasteiger partial charge in [0.15, 0.2) is 0 Å². The zero-order valence-corrected chi connectivity index (χ0v) is 10.6. The van der Waals surface area contributed by atoms with Crippen LogP contribution in [0.2, 0.25) is 0 Å². The third-order valence-corrected chi connectivity index (χ3v) is 3.37. The predicted octanol–water partition coefficient (Wildman–Crippen LogP) is 1.22. The van der Waals surface area contributed by atoms with Crippen molar-refractivity contribution >= 4 is 5.91 Å². The molecule has 16 heavy (non-hydrogen) atoms. The van der Waals surface area contributed by atoms with Crippen molar-refractivity contribution in [1.29, 1.82) is 0 Å². The highest BCUT2D eigenvalue weighted by atomic mass is 16.2. The Hall–Kier alpha value is -0.610. The Labute approximate surface area is 98.7 Å². The zero-order valence-electron chi connectivity index (χ0n) is 10.6. The number of hydrogen-bond donors (Lipinski definition) is 1. The van der Waals surface area contributed by atoms with Gasteiger partial charge in [-0.05, 0) is 45.2 Å². The molecule has 2 N–H and O–H groups in total. The van der Waals surface area contributed by atoms with Gasteiger partial charge in [-0.15, -0.1) is 0 Å². The summed E-state index contributed by atoms with van der Waals surface area (Å²) in [4.78, 5) is 13.6. The summed E-state index contributed by atoms with van der Waals surface area (Å²) in [5.41, 5.74) is 0. The molecule has 1 atom stereocenters. The highest BCUT2D eigenvalue weighted by Crippen LogP contribution is 2.20. The van der Waals surface area contributed by atoms with Gasteiger partial charge in [-0.2, -0.15) is 0 Å². The van der Waals surface area contributed by atoms with E-state index in [1.54, 1.807) is 7.05 Å². The fraction of sp³-hybridized carbons (Fsp3) is 0.917. The van der Waals surface area contributed by atoms with Crippen LogP contribution in [0, 0.1) is 5.92 Å². The Balaban J connectivity index is 2.04. The zero-order chi connectivity index (χ0) is 12.0. The van der Waals surface area contributed by atoms with E-state index in [9.17, 15) is 4.79 Å². The molecule has 0 aliphatic carbocycles. The van der Waals surface area contributed by atoms with Crippen molar-refractivity contribution in [3.63, 3.8) is 0 Å². The van der Waals surface area contributed by atoms with Gasteiger partial charge in [0.2, 0.25) is 5.91 Å². The normalized spacial score (nSPS) is 22.1. The van der Waals surface area contributed by atoms with Crippen LogP contribution in [-0.4, -0.2) is 43.0 Å². The molecule has 1 aliphatic heterocycles. The summed E-state index contributed by atoms with van der Waals surface area (Å²) in [6, 6.07) is 0. The smallest absolute Gasteiger partial charge is 0.236 e. The van der Waals surface area contributed by atoms with Crippen molar-refractivity contribution in [2.45, 2.75) is 38.5 Å². The molecule has 1 unspecified atom stereocenters. The summed E-state index contributed by atoms with van der Waals surface area (Å²) < 4.78 is 0. The highest BCUT2D eigenvalue weighted by Gasteiger charge is 2.16. The monoisotopic (exact) mass is 227 g/mol. The Morgan fingerprint density at radius 3 is 2.88 bits per heavy atom. The van der Waals surface area contributed by atoms with E-state index in [1.165, 1.54) is 37.4 Å². The van der Waals surface area contributed by atoms with Crippen LogP contribution in [0.3, 0.4) is 0 Å². The van der Waals surface area contributed by atoms with Crippen molar-refractivity contribution in [2.24, 2.45) is 11.8 Å². The second kappa shape index (κ2) is 6.86. The summed E-state index contributed by atoms with van der Waals surface area (Å²) >= 11 is 0. The van der Waals surface area contributed by atoms with E-state index >= 15 is 0 Å². The number of carbonyl (C=O) groups excluding carboxylic acids is 1. The molecule has 0 aromatic heterocycles. The number of unbranched alkanes of at least 4 members (excludes halogenated alkanes) is 1. The van der Waals surface area contributed by atoms with Gasteiger partial charge in [0.25, 0.3) is 0 Å². The lowest BCUT2D eigenvalue weighted by atomic mass is 9.93. The van der Waals surface area contributed by atoms with Crippen molar-refractivity contribution in [2.75, 3.05) is 27.2 Å². The molecule has 4 heteroatoms. The second-order valence-electron chi connectivity index (χ2n) is 5.02. The van der Waals surface area contributed by atoms with Gasteiger partial charge in [0, 0.05) is 20.0 Å². The summed E-state index contributed by atoms with van der Waals surface area (Å²) in [5.74, 6) is 6.24. The molecule has 1 rings (SSSR count). The standard InChI is InChI=1S/C12H25N3O/c1-14-9-5-7-11(10-14)6-3-4-8-12(16)15(2)13/h11H,3-10,13H2,1-2H3. The minimum atomic E-state index is 0.0424. The lowest BCUT2D eigenvalue weighted by Gasteiger charge is -2.29. The van der Waals surface area contributed by atoms with Crippen molar-refractivity contribution in [3.05, 3.63) is 0 Å². The second-order valence-corrected chi connectivity index (χ2v) is 5.02. The minimum absolute atomic E-state index is 0.0424. The Kier molecular flexibility index (Phi) is 5.77. The Morgan fingerprint density at radius 2 is 2.25 bits per heavy atom. The maximum absolute atomic E-state index is 11.2. The number of hydrogen-bond acceptors (Lipinski definition) is 3. The number of hydrazine groups is 1. The number of nitrogens with two attached hydrogens (primary N) is 1. The number of amides is 1. The first-order valence-electron chi connectivity index (χ1n) is 6.29. The van der Waals surface area contributed by atoms with Crippen LogP contribution < -0.4 is 5.84 Å². The van der Waals surface area contributed by atoms with Crippen LogP contribution in [0.5, 0.6) is 0 Å². The number of carbonyl (C=O) groups is 1. The molecule has 0 bridgehead atoms. The highest BCUT2D eigenvalue weighted by molar-refractivity contribution is 5.75. The molecule has 0 saturated carbocycles. The van der Waals surface area contributed by atoms with Gasteiger partial charge >= 0.3 is 0 Å². The molecule has 1 aliphatic rings. The van der Waals surface area contributed by atoms with E-state index in [1.807, 2.05) is 0 Å². The predicted molar refractivity (Wildman–Crippen MR) is 65.6 cm³/mol. The van der Waals surface area contributed by atoms with E-state index < -0.39 is 0 Å². The van der Waals surface area contributed by atoms with Gasteiger partial charge in [0.1, 0.15) is 0 Å². The fourth-order valence-electron chi connectivity index (χ4n) is 2.39. The van der Waals surface area contributed by atoms with Crippen LogP contribution >= 0.6 is 0 Å². The molecule has 1 fully saturated rings. The molecule has 94 valence electrons. The molecule has 0 spiro atoms. The average molecular weight is 227 g/mol. The van der Waals surface area contributed by atoms with Crippen LogP contribution in [0.25, 0.3) is 0 Å². The number of piperidine rings is 1. The molecule has 0 radical (unpaired) electrons. The lowest BCUT2D eigenvalue weighted by Crippen LogP contribution is -2.33. The number of rotatable bonds is 5. The quantitative estimate of drug-likeness (QED) is 0.332. The van der Waals surface area contributed by atoms with Crippen LogP contribution in [0.15, 0.2) is 0 Å². The van der Waals surface area contributed by atoms with E-state index in [0.717, 1.165) is 18.8 Å². The maximum Gasteiger partial charge on any atom is 0.236 e. The Bertz CT molecular complexity index is 218. The third-order valence-electron chi connectivity index (χ3n) is 3.37. The van der Waals surface area contributed by atoms with Gasteiger partial charge in [-0.25, -0.2) is 5.84 Å². The SMILES string of the molecule is CN1CCCC(CCCCC(=O)N(C)N)C1. The summed E-state index contributed by atoms with van der Waals surface area (Å²) in [6.07, 6.45) is 6.65. The molecule has 1 saturated heterocycles. The Morgan fingerprint density at radius 1 is 1.50 bits per heavy atom. The van der Waals surface area contributed by atoms with Crippen LogP contribution in [0.1, 0.15) is 38.5 Å². The van der Waals surface area contributed by atoms with Gasteiger partial charge in [-0.3, -0.25) is 9.80 Å². The summed E-state index contributed by atoms with van der Waals surface area (Å²) in [7, 11) is 3.80. The molecular weight excluding hydrogens is 202 g/mol. The summed E-state index contributed by atoms with van der Waals surface area (Å²) in [6.45, 7) is 2.47. The van der Waals surface area contributed by atoms with E-state index in [0.29, 0.717) is 6.42 Å². The van der Waals surface area contributed by atoms with Crippen molar-refractivity contribution in [1.82, 2.24) is 9.91 Å². The van der Waals surface area contributed by atoms with Gasteiger partial charge in [0.05, 0.1) is 0 Å². The van der Waals surface area contributed by atoms with Crippen LogP contribution in [0.4, 0.5) is 0 Å². The molecule has 4 nitrogen and oxygen atoms in total. The molecule has 0 aromatic rings. The molecule has 0 aromatic carbocycles. The van der Waals surface area contributed by atoms with E-state index in [2.05, 4.69) is 11.9 Å². The molecular formula is C12H25N3O. The van der Waals surface area contributed by atoms with Gasteiger partial charge < -0.3 is 4.90 Å². The minimum Gasteiger partial charge on any atom is -0.306 e. The first-order chi connectivity index (χ1) is 7.59. The number of likely N-dealkylation sites (tertiary alicyclic amines) is 1. The fourth-order valence-corrected chi connectivity index (χ4v) is 2.39. The summed E-state index contributed by atoms with van der Waals surface area (Å²) in [5, 5.41) is 1.19. The largest absolute Gasteiger partial charge is 0.306 e. The van der Waals surface area contributed by atoms with E-state index in [4.69, 9.17) is 5.84 Å². The topological polar surface area (TPSA) is 49.6 Å². The van der Waals surface area contributed by atoms with Crippen LogP contribution in [-0.2, 0) is 4.79 Å². The van der Waals surface area contributed by atoms with Gasteiger partial charge in [-0.1, -0.05) is 6.42 Å². The maximum atomic E-state index is 11.2. The first kappa shape index (κ1) is 13.5. The van der Waals surface area contributed by atoms with Crippen molar-refractivity contribution in [3.8, 4) is 0 Å². The molecule has 1 amide bonds. The molecule has 1 heterocycles. The van der Waals surface area contributed by atoms with E-state index in [-0.39, 0.29) is 5.91 Å². The number of nitrogens with zero attached hydrogens (tertiary/aromatic N) is 2. The third kappa shape index (κ3) is 4.94. The average Bonchev–Trinajstić information content (AvgIpc) is 2.24. The first-order valence-corrected chi connectivity index (χ1v) is 6.29. The van der Waals surface area contributed by atoms with Crippen molar-refractivity contribution < 1.29 is 4.79 Å².